The fraction of sp³-hybridized carbons (Fsp3) is 0.200. The molecule has 1 aliphatic carbocycles. The second-order valence-electron chi connectivity index (χ2n) is 7.39. The van der Waals surface area contributed by atoms with Gasteiger partial charge in [0.2, 0.25) is 0 Å². The molecule has 0 bridgehead atoms. The highest BCUT2D eigenvalue weighted by Gasteiger charge is 2.21. The molecule has 1 aliphatic rings. The van der Waals surface area contributed by atoms with Crippen LogP contribution in [0.2, 0.25) is 0 Å². The first kappa shape index (κ1) is 18.2. The minimum atomic E-state index is -0.130. The number of allylic oxidation sites excluding steroid dienone is 4. The van der Waals surface area contributed by atoms with Gasteiger partial charge < -0.3 is 0 Å². The van der Waals surface area contributed by atoms with Gasteiger partial charge >= 0.3 is 0 Å². The van der Waals surface area contributed by atoms with E-state index in [0.717, 1.165) is 34.2 Å². The number of hydrogen-bond acceptors (Lipinski definition) is 2. The van der Waals surface area contributed by atoms with E-state index in [1.54, 1.807) is 4.68 Å². The van der Waals surface area contributed by atoms with Crippen LogP contribution in [0.1, 0.15) is 37.4 Å². The minimum Gasteiger partial charge on any atom is -0.267 e. The van der Waals surface area contributed by atoms with Gasteiger partial charge in [-0.05, 0) is 36.0 Å². The molecule has 0 spiro atoms. The molecule has 2 unspecified atom stereocenters. The Morgan fingerprint density at radius 2 is 1.71 bits per heavy atom. The Morgan fingerprint density at radius 1 is 1.04 bits per heavy atom. The van der Waals surface area contributed by atoms with E-state index in [9.17, 15) is 4.79 Å². The summed E-state index contributed by atoms with van der Waals surface area (Å²) < 4.78 is 1.61. The van der Waals surface area contributed by atoms with Crippen molar-refractivity contribution >= 4 is 5.57 Å². The summed E-state index contributed by atoms with van der Waals surface area (Å²) in [5.41, 5.74) is 4.80. The van der Waals surface area contributed by atoms with Crippen molar-refractivity contribution in [3.63, 3.8) is 0 Å². The molecule has 1 heterocycles. The van der Waals surface area contributed by atoms with Crippen LogP contribution in [0.15, 0.2) is 89.9 Å². The van der Waals surface area contributed by atoms with Crippen molar-refractivity contribution in [2.45, 2.75) is 26.3 Å². The Kier molecular flexibility index (Phi) is 5.07. The summed E-state index contributed by atoms with van der Waals surface area (Å²) in [6.45, 7) is 4.20. The first-order chi connectivity index (χ1) is 13.6. The Hall–Kier alpha value is -3.20. The van der Waals surface area contributed by atoms with Gasteiger partial charge in [0, 0.05) is 5.56 Å². The maximum atomic E-state index is 13.6. The van der Waals surface area contributed by atoms with Crippen molar-refractivity contribution in [2.75, 3.05) is 0 Å². The van der Waals surface area contributed by atoms with E-state index in [1.165, 1.54) is 0 Å². The van der Waals surface area contributed by atoms with Crippen LogP contribution in [0.5, 0.6) is 0 Å². The van der Waals surface area contributed by atoms with Gasteiger partial charge in [0.05, 0.1) is 17.8 Å². The number of nitrogens with zero attached hydrogens (tertiary/aromatic N) is 2. The molecule has 0 fully saturated rings. The molecule has 4 rings (SSSR count). The molecule has 0 N–H and O–H groups in total. The van der Waals surface area contributed by atoms with Crippen LogP contribution in [-0.4, -0.2) is 9.78 Å². The zero-order chi connectivity index (χ0) is 19.5. The number of benzene rings is 2. The SMILES string of the molecule is CC1C=CC=C(c2c(-c3ccccc3)cnn(C(C)c3ccccc3)c2=O)C1. The normalized spacial score (nSPS) is 17.2. The second kappa shape index (κ2) is 7.81. The van der Waals surface area contributed by atoms with Gasteiger partial charge in [-0.2, -0.15) is 5.10 Å². The van der Waals surface area contributed by atoms with Crippen molar-refractivity contribution in [3.8, 4) is 11.1 Å². The average molecular weight is 368 g/mol. The van der Waals surface area contributed by atoms with Crippen LogP contribution < -0.4 is 5.56 Å². The Morgan fingerprint density at radius 3 is 2.39 bits per heavy atom. The van der Waals surface area contributed by atoms with Crippen molar-refractivity contribution in [2.24, 2.45) is 5.92 Å². The molecule has 0 saturated carbocycles. The van der Waals surface area contributed by atoms with Crippen molar-refractivity contribution in [1.82, 2.24) is 9.78 Å². The van der Waals surface area contributed by atoms with E-state index in [1.807, 2.05) is 73.8 Å². The smallest absolute Gasteiger partial charge is 0.267 e. The molecule has 3 nitrogen and oxygen atoms in total. The minimum absolute atomic E-state index is 0.0357. The van der Waals surface area contributed by atoms with Crippen molar-refractivity contribution in [3.05, 3.63) is 107 Å². The van der Waals surface area contributed by atoms with E-state index in [-0.39, 0.29) is 11.6 Å². The van der Waals surface area contributed by atoms with Gasteiger partial charge in [0.25, 0.3) is 5.56 Å². The van der Waals surface area contributed by atoms with Gasteiger partial charge in [-0.3, -0.25) is 4.79 Å². The van der Waals surface area contributed by atoms with Crippen LogP contribution in [0.3, 0.4) is 0 Å². The molecule has 2 atom stereocenters. The lowest BCUT2D eigenvalue weighted by atomic mass is 9.88. The zero-order valence-corrected chi connectivity index (χ0v) is 16.2. The lowest BCUT2D eigenvalue weighted by Gasteiger charge is -2.21. The first-order valence-electron chi connectivity index (χ1n) is 9.75. The van der Waals surface area contributed by atoms with Crippen molar-refractivity contribution < 1.29 is 0 Å². The quantitative estimate of drug-likeness (QED) is 0.609. The highest BCUT2D eigenvalue weighted by Crippen LogP contribution is 2.32. The molecule has 0 radical (unpaired) electrons. The van der Waals surface area contributed by atoms with E-state index in [4.69, 9.17) is 0 Å². The molecule has 0 aliphatic heterocycles. The fourth-order valence-electron chi connectivity index (χ4n) is 3.79. The molecule has 3 heteroatoms. The third-order valence-corrected chi connectivity index (χ3v) is 5.34. The zero-order valence-electron chi connectivity index (χ0n) is 16.2. The van der Waals surface area contributed by atoms with Gasteiger partial charge in [-0.15, -0.1) is 0 Å². The maximum Gasteiger partial charge on any atom is 0.275 e. The molecule has 140 valence electrons. The number of hydrogen-bond donors (Lipinski definition) is 0. The summed E-state index contributed by atoms with van der Waals surface area (Å²) in [4.78, 5) is 13.6. The number of aromatic nitrogens is 2. The summed E-state index contributed by atoms with van der Waals surface area (Å²) in [5, 5.41) is 4.56. The summed E-state index contributed by atoms with van der Waals surface area (Å²) >= 11 is 0. The Balaban J connectivity index is 1.90. The van der Waals surface area contributed by atoms with E-state index in [2.05, 4.69) is 30.3 Å². The summed E-state index contributed by atoms with van der Waals surface area (Å²) in [5.74, 6) is 0.413. The first-order valence-corrected chi connectivity index (χ1v) is 9.75. The summed E-state index contributed by atoms with van der Waals surface area (Å²) in [6.07, 6.45) is 9.01. The van der Waals surface area contributed by atoms with E-state index < -0.39 is 0 Å². The fourth-order valence-corrected chi connectivity index (χ4v) is 3.79. The summed E-state index contributed by atoms with van der Waals surface area (Å²) in [7, 11) is 0. The van der Waals surface area contributed by atoms with Gasteiger partial charge in [-0.25, -0.2) is 4.68 Å². The Bertz CT molecular complexity index is 1080. The standard InChI is InChI=1S/C25H24N2O/c1-18-10-9-15-22(16-18)24-23(21-13-7-4-8-14-21)17-26-27(25(24)28)19(2)20-11-5-3-6-12-20/h3-15,17-19H,16H2,1-2H3. The maximum absolute atomic E-state index is 13.6. The molecule has 3 aromatic rings. The van der Waals surface area contributed by atoms with E-state index in [0.29, 0.717) is 5.92 Å². The van der Waals surface area contributed by atoms with Crippen LogP contribution in [0.25, 0.3) is 16.7 Å². The molecule has 28 heavy (non-hydrogen) atoms. The molecule has 0 amide bonds. The topological polar surface area (TPSA) is 34.9 Å². The van der Waals surface area contributed by atoms with Gasteiger partial charge in [0.15, 0.2) is 0 Å². The van der Waals surface area contributed by atoms with Gasteiger partial charge in [-0.1, -0.05) is 85.8 Å². The lowest BCUT2D eigenvalue weighted by Crippen LogP contribution is -2.30. The lowest BCUT2D eigenvalue weighted by molar-refractivity contribution is 0.530. The highest BCUT2D eigenvalue weighted by atomic mass is 16.1. The van der Waals surface area contributed by atoms with E-state index >= 15 is 0 Å². The van der Waals surface area contributed by atoms with Crippen LogP contribution >= 0.6 is 0 Å². The van der Waals surface area contributed by atoms with Crippen LogP contribution in [0, 0.1) is 5.92 Å². The highest BCUT2D eigenvalue weighted by molar-refractivity contribution is 5.81. The van der Waals surface area contributed by atoms with Crippen LogP contribution in [0.4, 0.5) is 0 Å². The molecule has 1 aromatic heterocycles. The third-order valence-electron chi connectivity index (χ3n) is 5.34. The molecular weight excluding hydrogens is 344 g/mol. The van der Waals surface area contributed by atoms with Crippen LogP contribution in [-0.2, 0) is 0 Å². The molecule has 2 aromatic carbocycles. The average Bonchev–Trinajstić information content (AvgIpc) is 2.74. The predicted octanol–water partition coefficient (Wildman–Crippen LogP) is 5.50. The number of rotatable bonds is 4. The molecular formula is C25H24N2O. The Labute approximate surface area is 165 Å². The molecule has 0 saturated heterocycles. The summed E-state index contributed by atoms with van der Waals surface area (Å²) in [6, 6.07) is 20.0. The monoisotopic (exact) mass is 368 g/mol. The second-order valence-corrected chi connectivity index (χ2v) is 7.39. The largest absolute Gasteiger partial charge is 0.275 e. The van der Waals surface area contributed by atoms with Crippen molar-refractivity contribution in [1.29, 1.82) is 0 Å². The predicted molar refractivity (Wildman–Crippen MR) is 115 cm³/mol. The van der Waals surface area contributed by atoms with Gasteiger partial charge in [0.1, 0.15) is 0 Å². The third kappa shape index (κ3) is 3.48.